The van der Waals surface area contributed by atoms with Gasteiger partial charge in [-0.05, 0) is 31.2 Å². The third-order valence-electron chi connectivity index (χ3n) is 4.50. The van der Waals surface area contributed by atoms with Crippen LogP contribution in [-0.4, -0.2) is 41.0 Å². The Kier molecular flexibility index (Phi) is 4.84. The van der Waals surface area contributed by atoms with Crippen LogP contribution in [-0.2, 0) is 9.53 Å². The SMILES string of the molecule is COCC1(C)Oc2ccc(NC(C)=O)cc2C(n2ccccc2=O)C1O. The molecule has 1 aromatic heterocycles. The lowest BCUT2D eigenvalue weighted by atomic mass is 9.85. The summed E-state index contributed by atoms with van der Waals surface area (Å²) < 4.78 is 12.7. The lowest BCUT2D eigenvalue weighted by molar-refractivity contribution is -0.114. The minimum Gasteiger partial charge on any atom is -0.482 e. The minimum atomic E-state index is -1.04. The highest BCUT2D eigenvalue weighted by Crippen LogP contribution is 2.42. The number of methoxy groups -OCH3 is 1. The third-order valence-corrected chi connectivity index (χ3v) is 4.50. The number of ether oxygens (including phenoxy) is 2. The highest BCUT2D eigenvalue weighted by molar-refractivity contribution is 5.88. The molecule has 1 amide bonds. The average Bonchev–Trinajstić information content (AvgIpc) is 2.57. The molecule has 0 radical (unpaired) electrons. The second-order valence-corrected chi connectivity index (χ2v) is 6.62. The van der Waals surface area contributed by atoms with Crippen molar-refractivity contribution in [2.24, 2.45) is 0 Å². The van der Waals surface area contributed by atoms with Crippen molar-refractivity contribution in [3.63, 3.8) is 0 Å². The zero-order valence-electron chi connectivity index (χ0n) is 14.9. The van der Waals surface area contributed by atoms with Gasteiger partial charge in [0.1, 0.15) is 11.9 Å². The summed E-state index contributed by atoms with van der Waals surface area (Å²) in [5, 5.41) is 13.8. The lowest BCUT2D eigenvalue weighted by Crippen LogP contribution is -2.56. The molecule has 0 spiro atoms. The maximum Gasteiger partial charge on any atom is 0.251 e. The van der Waals surface area contributed by atoms with Crippen molar-refractivity contribution in [3.8, 4) is 5.75 Å². The number of carbonyl (C=O) groups is 1. The van der Waals surface area contributed by atoms with Gasteiger partial charge in [0.15, 0.2) is 5.60 Å². The molecule has 0 saturated heterocycles. The second kappa shape index (κ2) is 6.93. The van der Waals surface area contributed by atoms with Crippen molar-refractivity contribution < 1.29 is 19.4 Å². The van der Waals surface area contributed by atoms with Crippen LogP contribution in [0.15, 0.2) is 47.4 Å². The number of fused-ring (bicyclic) bond motifs is 1. The number of aliphatic hydroxyl groups excluding tert-OH is 1. The summed E-state index contributed by atoms with van der Waals surface area (Å²) in [4.78, 5) is 23.8. The largest absolute Gasteiger partial charge is 0.482 e. The molecule has 26 heavy (non-hydrogen) atoms. The number of aromatic nitrogens is 1. The van der Waals surface area contributed by atoms with E-state index in [2.05, 4.69) is 5.32 Å². The molecule has 1 aromatic carbocycles. The summed E-state index contributed by atoms with van der Waals surface area (Å²) >= 11 is 0. The first-order valence-electron chi connectivity index (χ1n) is 8.30. The zero-order chi connectivity index (χ0) is 18.9. The van der Waals surface area contributed by atoms with Gasteiger partial charge in [0.05, 0.1) is 12.6 Å². The van der Waals surface area contributed by atoms with Crippen LogP contribution < -0.4 is 15.6 Å². The van der Waals surface area contributed by atoms with E-state index in [1.807, 2.05) is 0 Å². The molecule has 0 saturated carbocycles. The number of hydrogen-bond donors (Lipinski definition) is 2. The molecule has 2 N–H and O–H groups in total. The predicted octanol–water partition coefficient (Wildman–Crippen LogP) is 1.55. The van der Waals surface area contributed by atoms with E-state index in [9.17, 15) is 14.7 Å². The molecule has 3 atom stereocenters. The molecule has 0 aliphatic carbocycles. The number of benzene rings is 1. The van der Waals surface area contributed by atoms with Gasteiger partial charge in [-0.25, -0.2) is 0 Å². The molecule has 2 heterocycles. The van der Waals surface area contributed by atoms with Crippen molar-refractivity contribution in [1.82, 2.24) is 4.57 Å². The van der Waals surface area contributed by atoms with E-state index in [0.717, 1.165) is 0 Å². The fourth-order valence-electron chi connectivity index (χ4n) is 3.34. The Bertz CT molecular complexity index is 878. The van der Waals surface area contributed by atoms with Gasteiger partial charge in [0, 0.05) is 37.5 Å². The van der Waals surface area contributed by atoms with Crippen LogP contribution in [0.3, 0.4) is 0 Å². The van der Waals surface area contributed by atoms with Crippen molar-refractivity contribution in [2.75, 3.05) is 19.0 Å². The Morgan fingerprint density at radius 3 is 2.81 bits per heavy atom. The summed E-state index contributed by atoms with van der Waals surface area (Å²) in [6, 6.07) is 9.30. The highest BCUT2D eigenvalue weighted by Gasteiger charge is 2.47. The van der Waals surface area contributed by atoms with E-state index < -0.39 is 17.7 Å². The highest BCUT2D eigenvalue weighted by atomic mass is 16.6. The van der Waals surface area contributed by atoms with E-state index in [0.29, 0.717) is 17.0 Å². The molecule has 1 aliphatic heterocycles. The molecule has 2 aromatic rings. The van der Waals surface area contributed by atoms with E-state index in [-0.39, 0.29) is 18.1 Å². The van der Waals surface area contributed by atoms with Crippen LogP contribution in [0.1, 0.15) is 25.5 Å². The fraction of sp³-hybridized carbons (Fsp3) is 0.368. The fourth-order valence-corrected chi connectivity index (χ4v) is 3.34. The number of rotatable bonds is 4. The molecule has 0 fully saturated rings. The van der Waals surface area contributed by atoms with Crippen molar-refractivity contribution in [3.05, 3.63) is 58.5 Å². The van der Waals surface area contributed by atoms with E-state index in [1.54, 1.807) is 43.5 Å². The molecular weight excluding hydrogens is 336 g/mol. The van der Waals surface area contributed by atoms with Gasteiger partial charge < -0.3 is 24.5 Å². The van der Waals surface area contributed by atoms with Gasteiger partial charge in [0.2, 0.25) is 5.91 Å². The Hall–Kier alpha value is -2.64. The minimum absolute atomic E-state index is 0.152. The first-order chi connectivity index (χ1) is 12.4. The molecule has 7 heteroatoms. The quantitative estimate of drug-likeness (QED) is 0.866. The normalized spacial score (nSPS) is 24.5. The zero-order valence-corrected chi connectivity index (χ0v) is 14.9. The summed E-state index contributed by atoms with van der Waals surface area (Å²) in [5.41, 5.74) is -0.0897. The number of amides is 1. The molecule has 138 valence electrons. The third kappa shape index (κ3) is 3.23. The lowest BCUT2D eigenvalue weighted by Gasteiger charge is -2.44. The Morgan fingerprint density at radius 2 is 2.15 bits per heavy atom. The number of pyridine rings is 1. The topological polar surface area (TPSA) is 89.8 Å². The average molecular weight is 358 g/mol. The molecule has 0 bridgehead atoms. The van der Waals surface area contributed by atoms with Crippen molar-refractivity contribution >= 4 is 11.6 Å². The number of carbonyl (C=O) groups excluding carboxylic acids is 1. The number of aliphatic hydroxyl groups is 1. The van der Waals surface area contributed by atoms with E-state index in [1.165, 1.54) is 24.7 Å². The van der Waals surface area contributed by atoms with Crippen LogP contribution in [0.25, 0.3) is 0 Å². The summed E-state index contributed by atoms with van der Waals surface area (Å²) in [7, 11) is 1.53. The number of nitrogens with one attached hydrogen (secondary N) is 1. The molecule has 3 unspecified atom stereocenters. The number of hydrogen-bond acceptors (Lipinski definition) is 5. The van der Waals surface area contributed by atoms with Gasteiger partial charge in [-0.1, -0.05) is 6.07 Å². The molecular formula is C19H22N2O5. The first-order valence-corrected chi connectivity index (χ1v) is 8.30. The maximum absolute atomic E-state index is 12.4. The predicted molar refractivity (Wildman–Crippen MR) is 96.5 cm³/mol. The Balaban J connectivity index is 2.18. The molecule has 7 nitrogen and oxygen atoms in total. The monoisotopic (exact) mass is 358 g/mol. The van der Waals surface area contributed by atoms with Crippen LogP contribution >= 0.6 is 0 Å². The standard InChI is InChI=1S/C19H22N2O5/c1-12(22)20-13-7-8-15-14(10-13)17(21-9-5-4-6-16(21)23)18(24)19(2,26-15)11-25-3/h4-10,17-18,24H,11H2,1-3H3,(H,20,22). The second-order valence-electron chi connectivity index (χ2n) is 6.62. The Morgan fingerprint density at radius 1 is 1.38 bits per heavy atom. The van der Waals surface area contributed by atoms with Crippen LogP contribution in [0.4, 0.5) is 5.69 Å². The van der Waals surface area contributed by atoms with Gasteiger partial charge >= 0.3 is 0 Å². The van der Waals surface area contributed by atoms with Gasteiger partial charge in [-0.2, -0.15) is 0 Å². The maximum atomic E-state index is 12.4. The van der Waals surface area contributed by atoms with Crippen molar-refractivity contribution in [2.45, 2.75) is 31.6 Å². The Labute approximate surface area is 151 Å². The van der Waals surface area contributed by atoms with Crippen LogP contribution in [0.5, 0.6) is 5.75 Å². The van der Waals surface area contributed by atoms with Gasteiger partial charge in [-0.3, -0.25) is 9.59 Å². The number of anilines is 1. The van der Waals surface area contributed by atoms with Crippen LogP contribution in [0.2, 0.25) is 0 Å². The van der Waals surface area contributed by atoms with E-state index in [4.69, 9.17) is 9.47 Å². The molecule has 3 rings (SSSR count). The number of nitrogens with zero attached hydrogens (tertiary/aromatic N) is 1. The summed E-state index contributed by atoms with van der Waals surface area (Å²) in [6.07, 6.45) is 0.589. The molecule has 1 aliphatic rings. The summed E-state index contributed by atoms with van der Waals surface area (Å²) in [5.74, 6) is 0.324. The first kappa shape index (κ1) is 18.2. The van der Waals surface area contributed by atoms with Gasteiger partial charge in [-0.15, -0.1) is 0 Å². The van der Waals surface area contributed by atoms with Crippen molar-refractivity contribution in [1.29, 1.82) is 0 Å². The summed E-state index contributed by atoms with van der Waals surface area (Å²) in [6.45, 7) is 3.31. The van der Waals surface area contributed by atoms with Gasteiger partial charge in [0.25, 0.3) is 5.56 Å². The van der Waals surface area contributed by atoms with Crippen LogP contribution in [0, 0.1) is 0 Å². The van der Waals surface area contributed by atoms with E-state index >= 15 is 0 Å². The smallest absolute Gasteiger partial charge is 0.251 e.